The Morgan fingerprint density at radius 2 is 2.07 bits per heavy atom. The standard InChI is InChI=1S/C11H18ClNO2/c1-2-9(12)10(14)13-5-3-11(4-6-13)7-15-8-11/h9H,2-8H2,1H3. The van der Waals surface area contributed by atoms with Gasteiger partial charge in [-0.15, -0.1) is 11.6 Å². The SMILES string of the molecule is CCC(Cl)C(=O)N1CCC2(CC1)COC2. The Hall–Kier alpha value is -0.280. The highest BCUT2D eigenvalue weighted by Gasteiger charge is 2.42. The predicted octanol–water partition coefficient (Wildman–Crippen LogP) is 1.64. The summed E-state index contributed by atoms with van der Waals surface area (Å²) in [6, 6.07) is 0. The number of nitrogens with zero attached hydrogens (tertiary/aromatic N) is 1. The maximum atomic E-state index is 11.8. The number of carbonyl (C=O) groups excluding carboxylic acids is 1. The Morgan fingerprint density at radius 3 is 2.47 bits per heavy atom. The molecule has 0 aromatic carbocycles. The highest BCUT2D eigenvalue weighted by atomic mass is 35.5. The van der Waals surface area contributed by atoms with Crippen molar-refractivity contribution in [1.82, 2.24) is 4.90 Å². The van der Waals surface area contributed by atoms with Crippen LogP contribution in [0.4, 0.5) is 0 Å². The van der Waals surface area contributed by atoms with Gasteiger partial charge < -0.3 is 9.64 Å². The van der Waals surface area contributed by atoms with Gasteiger partial charge in [-0.2, -0.15) is 0 Å². The molecule has 15 heavy (non-hydrogen) atoms. The normalized spacial score (nSPS) is 26.1. The number of likely N-dealkylation sites (tertiary alicyclic amines) is 1. The Labute approximate surface area is 95.7 Å². The molecule has 2 heterocycles. The van der Waals surface area contributed by atoms with E-state index in [0.717, 1.165) is 39.1 Å². The number of rotatable bonds is 2. The minimum absolute atomic E-state index is 0.106. The number of ether oxygens (including phenoxy) is 1. The van der Waals surface area contributed by atoms with Crippen molar-refractivity contribution in [2.45, 2.75) is 31.6 Å². The van der Waals surface area contributed by atoms with Gasteiger partial charge in [0.2, 0.25) is 5.91 Å². The summed E-state index contributed by atoms with van der Waals surface area (Å²) in [4.78, 5) is 13.7. The third kappa shape index (κ3) is 2.13. The molecule has 0 aromatic heterocycles. The molecule has 1 spiro atoms. The maximum absolute atomic E-state index is 11.8. The minimum atomic E-state index is -0.336. The van der Waals surface area contributed by atoms with E-state index in [-0.39, 0.29) is 11.3 Å². The molecule has 1 unspecified atom stereocenters. The van der Waals surface area contributed by atoms with Gasteiger partial charge in [0.05, 0.1) is 13.2 Å². The molecule has 0 N–H and O–H groups in total. The second kappa shape index (κ2) is 4.30. The van der Waals surface area contributed by atoms with Crippen LogP contribution in [0.25, 0.3) is 0 Å². The van der Waals surface area contributed by atoms with E-state index in [1.807, 2.05) is 11.8 Å². The second-order valence-electron chi connectivity index (χ2n) is 4.69. The molecular weight excluding hydrogens is 214 g/mol. The molecular formula is C11H18ClNO2. The largest absolute Gasteiger partial charge is 0.380 e. The van der Waals surface area contributed by atoms with Crippen LogP contribution >= 0.6 is 11.6 Å². The van der Waals surface area contributed by atoms with Crippen molar-refractivity contribution in [1.29, 1.82) is 0 Å². The van der Waals surface area contributed by atoms with E-state index in [0.29, 0.717) is 11.8 Å². The van der Waals surface area contributed by atoms with Gasteiger partial charge in [-0.05, 0) is 19.3 Å². The summed E-state index contributed by atoms with van der Waals surface area (Å²) < 4.78 is 5.25. The average Bonchev–Trinajstić information content (AvgIpc) is 2.25. The fourth-order valence-corrected chi connectivity index (χ4v) is 2.39. The van der Waals surface area contributed by atoms with Crippen molar-refractivity contribution in [3.8, 4) is 0 Å². The van der Waals surface area contributed by atoms with E-state index in [1.165, 1.54) is 0 Å². The van der Waals surface area contributed by atoms with Crippen LogP contribution in [0, 0.1) is 5.41 Å². The quantitative estimate of drug-likeness (QED) is 0.677. The molecule has 2 rings (SSSR count). The molecule has 3 nitrogen and oxygen atoms in total. The Morgan fingerprint density at radius 1 is 1.47 bits per heavy atom. The molecule has 0 saturated carbocycles. The van der Waals surface area contributed by atoms with Gasteiger partial charge in [0, 0.05) is 18.5 Å². The average molecular weight is 232 g/mol. The maximum Gasteiger partial charge on any atom is 0.240 e. The monoisotopic (exact) mass is 231 g/mol. The number of halogens is 1. The number of amides is 1. The highest BCUT2D eigenvalue weighted by Crippen LogP contribution is 2.38. The van der Waals surface area contributed by atoms with Crippen molar-refractivity contribution in [3.63, 3.8) is 0 Å². The molecule has 2 aliphatic heterocycles. The van der Waals surface area contributed by atoms with Crippen molar-refractivity contribution in [2.75, 3.05) is 26.3 Å². The Balaban J connectivity index is 1.85. The van der Waals surface area contributed by atoms with Gasteiger partial charge >= 0.3 is 0 Å². The summed E-state index contributed by atoms with van der Waals surface area (Å²) in [6.45, 7) is 5.41. The van der Waals surface area contributed by atoms with E-state index < -0.39 is 0 Å². The molecule has 2 aliphatic rings. The van der Waals surface area contributed by atoms with E-state index in [9.17, 15) is 4.79 Å². The van der Waals surface area contributed by atoms with Crippen molar-refractivity contribution in [3.05, 3.63) is 0 Å². The number of piperidine rings is 1. The molecule has 86 valence electrons. The van der Waals surface area contributed by atoms with Crippen LogP contribution in [0.5, 0.6) is 0 Å². The van der Waals surface area contributed by atoms with Crippen LogP contribution in [0.1, 0.15) is 26.2 Å². The van der Waals surface area contributed by atoms with E-state index >= 15 is 0 Å². The summed E-state index contributed by atoms with van der Waals surface area (Å²) in [5.41, 5.74) is 0.394. The predicted molar refractivity (Wildman–Crippen MR) is 59.0 cm³/mol. The zero-order valence-corrected chi connectivity index (χ0v) is 9.92. The topological polar surface area (TPSA) is 29.5 Å². The summed E-state index contributed by atoms with van der Waals surface area (Å²) >= 11 is 5.95. The van der Waals surface area contributed by atoms with Gasteiger partial charge in [0.1, 0.15) is 5.38 Å². The van der Waals surface area contributed by atoms with Crippen LogP contribution in [0.2, 0.25) is 0 Å². The van der Waals surface area contributed by atoms with Crippen LogP contribution < -0.4 is 0 Å². The van der Waals surface area contributed by atoms with Gasteiger partial charge in [0.25, 0.3) is 0 Å². The molecule has 2 fully saturated rings. The molecule has 1 atom stereocenters. The zero-order valence-electron chi connectivity index (χ0n) is 9.17. The first kappa shape index (κ1) is 11.2. The van der Waals surface area contributed by atoms with Gasteiger partial charge in [-0.3, -0.25) is 4.79 Å². The lowest BCUT2D eigenvalue weighted by atomic mass is 9.77. The van der Waals surface area contributed by atoms with Gasteiger partial charge in [0.15, 0.2) is 0 Å². The lowest BCUT2D eigenvalue weighted by molar-refractivity contribution is -0.152. The van der Waals surface area contributed by atoms with E-state index in [4.69, 9.17) is 16.3 Å². The fourth-order valence-electron chi connectivity index (χ4n) is 2.25. The lowest BCUT2D eigenvalue weighted by Crippen LogP contribution is -2.53. The molecule has 1 amide bonds. The molecule has 4 heteroatoms. The fraction of sp³-hybridized carbons (Fsp3) is 0.909. The molecule has 0 radical (unpaired) electrons. The first-order valence-corrected chi connectivity index (χ1v) is 6.11. The number of hydrogen-bond donors (Lipinski definition) is 0. The summed E-state index contributed by atoms with van der Waals surface area (Å²) in [7, 11) is 0. The van der Waals surface area contributed by atoms with Crippen LogP contribution in [-0.2, 0) is 9.53 Å². The number of hydrogen-bond acceptors (Lipinski definition) is 2. The molecule has 0 aromatic rings. The Bertz CT molecular complexity index is 243. The van der Waals surface area contributed by atoms with Crippen molar-refractivity contribution >= 4 is 17.5 Å². The summed E-state index contributed by atoms with van der Waals surface area (Å²) in [6.07, 6.45) is 2.86. The second-order valence-corrected chi connectivity index (χ2v) is 5.22. The number of alkyl halides is 1. The molecule has 2 saturated heterocycles. The van der Waals surface area contributed by atoms with Crippen molar-refractivity contribution < 1.29 is 9.53 Å². The van der Waals surface area contributed by atoms with E-state index in [2.05, 4.69) is 0 Å². The van der Waals surface area contributed by atoms with E-state index in [1.54, 1.807) is 0 Å². The first-order valence-electron chi connectivity index (χ1n) is 5.67. The molecule has 0 bridgehead atoms. The number of carbonyl (C=O) groups is 1. The third-order valence-corrected chi connectivity index (χ3v) is 4.07. The van der Waals surface area contributed by atoms with Crippen LogP contribution in [0.15, 0.2) is 0 Å². The summed E-state index contributed by atoms with van der Waals surface area (Å²) in [5.74, 6) is 0.106. The minimum Gasteiger partial charge on any atom is -0.380 e. The third-order valence-electron chi connectivity index (χ3n) is 3.58. The van der Waals surface area contributed by atoms with Crippen LogP contribution in [-0.4, -0.2) is 42.5 Å². The first-order chi connectivity index (χ1) is 7.17. The van der Waals surface area contributed by atoms with Gasteiger partial charge in [-0.1, -0.05) is 6.92 Å². The smallest absolute Gasteiger partial charge is 0.240 e. The molecule has 0 aliphatic carbocycles. The highest BCUT2D eigenvalue weighted by molar-refractivity contribution is 6.30. The lowest BCUT2D eigenvalue weighted by Gasteiger charge is -2.47. The summed E-state index contributed by atoms with van der Waals surface area (Å²) in [5, 5.41) is -0.336. The van der Waals surface area contributed by atoms with Gasteiger partial charge in [-0.25, -0.2) is 0 Å². The van der Waals surface area contributed by atoms with Crippen molar-refractivity contribution in [2.24, 2.45) is 5.41 Å². The Kier molecular flexibility index (Phi) is 3.21. The van der Waals surface area contributed by atoms with Crippen LogP contribution in [0.3, 0.4) is 0 Å². The zero-order chi connectivity index (χ0) is 10.9.